The number of nitrogens with one attached hydrogen (secondary N) is 2. The number of amides is 1. The lowest BCUT2D eigenvalue weighted by atomic mass is 10.2. The fourth-order valence-corrected chi connectivity index (χ4v) is 4.78. The Kier molecular flexibility index (Phi) is 4.70. The molecule has 0 spiro atoms. The highest BCUT2D eigenvalue weighted by Crippen LogP contribution is 2.36. The van der Waals surface area contributed by atoms with E-state index in [-0.39, 0.29) is 23.4 Å². The van der Waals surface area contributed by atoms with Gasteiger partial charge in [0.15, 0.2) is 0 Å². The summed E-state index contributed by atoms with van der Waals surface area (Å²) in [5.74, 6) is -1.66. The van der Waals surface area contributed by atoms with Gasteiger partial charge in [0.25, 0.3) is 11.5 Å². The zero-order chi connectivity index (χ0) is 21.8. The maximum absolute atomic E-state index is 14.8. The minimum Gasteiger partial charge on any atom is -0.291 e. The van der Waals surface area contributed by atoms with Crippen LogP contribution in [0.1, 0.15) is 32.6 Å². The van der Waals surface area contributed by atoms with Crippen LogP contribution in [0.15, 0.2) is 39.3 Å². The molecule has 0 atom stereocenters. The number of rotatable bonds is 7. The van der Waals surface area contributed by atoms with Crippen LogP contribution in [0.4, 0.5) is 4.39 Å². The number of hydrogen-bond acceptors (Lipinski definition) is 5. The van der Waals surface area contributed by atoms with Crippen LogP contribution in [0.2, 0.25) is 0 Å². The topological polar surface area (TPSA) is 119 Å². The van der Waals surface area contributed by atoms with E-state index < -0.39 is 43.4 Å². The van der Waals surface area contributed by atoms with Gasteiger partial charge in [0, 0.05) is 12.1 Å². The molecule has 2 aromatic rings. The summed E-state index contributed by atoms with van der Waals surface area (Å²) in [6, 6.07) is 1.81. The summed E-state index contributed by atoms with van der Waals surface area (Å²) in [6.07, 6.45) is 3.90. The maximum Gasteiger partial charge on any atom is 0.350 e. The van der Waals surface area contributed by atoms with Crippen LogP contribution >= 0.6 is 0 Å². The van der Waals surface area contributed by atoms with Gasteiger partial charge < -0.3 is 0 Å². The Bertz CT molecular complexity index is 1300. The molecule has 4 rings (SSSR count). The fourth-order valence-electron chi connectivity index (χ4n) is 3.23. The number of benzene rings is 1. The third kappa shape index (κ3) is 3.70. The molecule has 11 heteroatoms. The summed E-state index contributed by atoms with van der Waals surface area (Å²) < 4.78 is 44.4. The summed E-state index contributed by atoms with van der Waals surface area (Å²) >= 11 is 0. The smallest absolute Gasteiger partial charge is 0.291 e. The van der Waals surface area contributed by atoms with Crippen molar-refractivity contribution in [1.82, 2.24) is 14.0 Å². The summed E-state index contributed by atoms with van der Waals surface area (Å²) in [5, 5.41) is -0.192. The Morgan fingerprint density at radius 2 is 2.00 bits per heavy atom. The number of sulfonamides is 1. The van der Waals surface area contributed by atoms with Crippen LogP contribution in [-0.2, 0) is 21.4 Å². The standard InChI is InChI=1S/C19H21FN4O5S/c1-3-16(25)21-24-17(26)12-8-15(30(28,29)22-19(2)6-7-19)13(20)9-14(12)23(18(24)27)10-11-4-5-11/h3,8-9,11,22H,1,4-7,10H2,2H3,(H,21,25). The van der Waals surface area contributed by atoms with Crippen molar-refractivity contribution < 1.29 is 17.6 Å². The van der Waals surface area contributed by atoms with Crippen molar-refractivity contribution in [3.8, 4) is 0 Å². The van der Waals surface area contributed by atoms with Crippen LogP contribution < -0.4 is 21.4 Å². The van der Waals surface area contributed by atoms with Crippen LogP contribution in [0.25, 0.3) is 10.9 Å². The van der Waals surface area contributed by atoms with E-state index in [1.165, 1.54) is 4.57 Å². The zero-order valence-corrected chi connectivity index (χ0v) is 17.1. The molecule has 0 bridgehead atoms. The van der Waals surface area contributed by atoms with E-state index in [4.69, 9.17) is 0 Å². The molecular formula is C19H21FN4O5S. The van der Waals surface area contributed by atoms with Crippen molar-refractivity contribution in [3.63, 3.8) is 0 Å². The molecule has 1 aromatic heterocycles. The van der Waals surface area contributed by atoms with Gasteiger partial charge in [0.1, 0.15) is 10.7 Å². The van der Waals surface area contributed by atoms with E-state index in [9.17, 15) is 27.2 Å². The van der Waals surface area contributed by atoms with Crippen molar-refractivity contribution in [2.24, 2.45) is 5.92 Å². The second-order valence-corrected chi connectivity index (χ2v) is 9.77. The van der Waals surface area contributed by atoms with Crippen molar-refractivity contribution in [2.75, 3.05) is 5.43 Å². The highest BCUT2D eigenvalue weighted by atomic mass is 32.2. The average molecular weight is 436 g/mol. The first kappa shape index (κ1) is 20.5. The number of aromatic nitrogens is 2. The van der Waals surface area contributed by atoms with E-state index in [0.717, 1.165) is 31.1 Å². The van der Waals surface area contributed by atoms with Crippen LogP contribution in [0.3, 0.4) is 0 Å². The van der Waals surface area contributed by atoms with Gasteiger partial charge in [0.05, 0.1) is 10.9 Å². The molecule has 0 saturated heterocycles. The van der Waals surface area contributed by atoms with Crippen molar-refractivity contribution in [2.45, 2.75) is 49.6 Å². The van der Waals surface area contributed by atoms with E-state index in [2.05, 4.69) is 16.7 Å². The molecule has 9 nitrogen and oxygen atoms in total. The lowest BCUT2D eigenvalue weighted by Crippen LogP contribution is -2.46. The largest absolute Gasteiger partial charge is 0.350 e. The first-order valence-electron chi connectivity index (χ1n) is 9.51. The molecule has 0 radical (unpaired) electrons. The highest BCUT2D eigenvalue weighted by molar-refractivity contribution is 7.89. The molecule has 2 fully saturated rings. The first-order valence-corrected chi connectivity index (χ1v) is 11.0. The number of carbonyl (C=O) groups excluding carboxylic acids is 1. The SMILES string of the molecule is C=CC(=O)Nn1c(=O)c2cc(S(=O)(=O)NC3(C)CC3)c(F)cc2n(CC2CC2)c1=O. The van der Waals surface area contributed by atoms with Crippen molar-refractivity contribution in [3.05, 3.63) is 51.4 Å². The Balaban J connectivity index is 1.95. The minimum atomic E-state index is -4.23. The van der Waals surface area contributed by atoms with Gasteiger partial charge >= 0.3 is 5.69 Å². The Hall–Kier alpha value is -2.79. The molecule has 2 aliphatic carbocycles. The molecule has 0 aliphatic heterocycles. The van der Waals surface area contributed by atoms with Gasteiger partial charge in [-0.15, -0.1) is 0 Å². The van der Waals surface area contributed by atoms with Crippen LogP contribution in [-0.4, -0.2) is 29.1 Å². The van der Waals surface area contributed by atoms with Gasteiger partial charge in [0.2, 0.25) is 10.0 Å². The molecule has 2 N–H and O–H groups in total. The molecule has 2 aliphatic rings. The molecule has 30 heavy (non-hydrogen) atoms. The fraction of sp³-hybridized carbons (Fsp3) is 0.421. The lowest BCUT2D eigenvalue weighted by molar-refractivity contribution is -0.112. The summed E-state index contributed by atoms with van der Waals surface area (Å²) in [5.41, 5.74) is -0.316. The average Bonchev–Trinajstić information content (AvgIpc) is 3.60. The number of hydrogen-bond donors (Lipinski definition) is 2. The lowest BCUT2D eigenvalue weighted by Gasteiger charge is -2.16. The van der Waals surface area contributed by atoms with Crippen molar-refractivity contribution in [1.29, 1.82) is 0 Å². The predicted molar refractivity (Wildman–Crippen MR) is 108 cm³/mol. The number of halogens is 1. The normalized spacial score (nSPS) is 17.7. The van der Waals surface area contributed by atoms with Gasteiger partial charge in [-0.2, -0.15) is 4.68 Å². The van der Waals surface area contributed by atoms with Gasteiger partial charge in [-0.05, 0) is 56.7 Å². The molecule has 160 valence electrons. The van der Waals surface area contributed by atoms with E-state index in [1.54, 1.807) is 6.92 Å². The maximum atomic E-state index is 14.8. The second kappa shape index (κ2) is 6.88. The predicted octanol–water partition coefficient (Wildman–Crippen LogP) is 0.799. The first-order chi connectivity index (χ1) is 14.0. The quantitative estimate of drug-likeness (QED) is 0.623. The number of fused-ring (bicyclic) bond motifs is 1. The van der Waals surface area contributed by atoms with Gasteiger partial charge in [-0.25, -0.2) is 22.3 Å². The number of nitrogens with zero attached hydrogens (tertiary/aromatic N) is 2. The summed E-state index contributed by atoms with van der Waals surface area (Å²) in [7, 11) is -4.23. The number of carbonyl (C=O) groups is 1. The van der Waals surface area contributed by atoms with E-state index >= 15 is 0 Å². The Morgan fingerprint density at radius 3 is 2.57 bits per heavy atom. The highest BCUT2D eigenvalue weighted by Gasteiger charge is 2.42. The van der Waals surface area contributed by atoms with Crippen LogP contribution in [0.5, 0.6) is 0 Å². The minimum absolute atomic E-state index is 0.0184. The van der Waals surface area contributed by atoms with E-state index in [1.807, 2.05) is 0 Å². The second-order valence-electron chi connectivity index (χ2n) is 8.12. The zero-order valence-electron chi connectivity index (χ0n) is 16.3. The summed E-state index contributed by atoms with van der Waals surface area (Å²) in [6.45, 7) is 5.21. The molecule has 1 aromatic carbocycles. The monoisotopic (exact) mass is 436 g/mol. The van der Waals surface area contributed by atoms with Gasteiger partial charge in [-0.1, -0.05) is 6.58 Å². The Morgan fingerprint density at radius 1 is 1.33 bits per heavy atom. The molecule has 0 unspecified atom stereocenters. The van der Waals surface area contributed by atoms with Gasteiger partial charge in [-0.3, -0.25) is 19.6 Å². The van der Waals surface area contributed by atoms with E-state index in [0.29, 0.717) is 17.5 Å². The molecule has 2 saturated carbocycles. The third-order valence-corrected chi connectivity index (χ3v) is 7.07. The summed E-state index contributed by atoms with van der Waals surface area (Å²) in [4.78, 5) is 36.8. The van der Waals surface area contributed by atoms with Crippen molar-refractivity contribution >= 4 is 26.8 Å². The van der Waals surface area contributed by atoms with Crippen LogP contribution in [0, 0.1) is 11.7 Å². The Labute approximate surface area is 171 Å². The molecular weight excluding hydrogens is 415 g/mol. The third-order valence-electron chi connectivity index (χ3n) is 5.41. The molecule has 1 amide bonds. The molecule has 1 heterocycles.